The topological polar surface area (TPSA) is 66.0 Å². The van der Waals surface area contributed by atoms with E-state index in [2.05, 4.69) is 46.4 Å². The van der Waals surface area contributed by atoms with Gasteiger partial charge in [-0.1, -0.05) is 60.7 Å². The lowest BCUT2D eigenvalue weighted by atomic mass is 9.97. The molecule has 0 aliphatic carbocycles. The zero-order chi connectivity index (χ0) is 20.7. The molecule has 3 aromatic carbocycles. The van der Waals surface area contributed by atoms with Crippen molar-refractivity contribution in [2.45, 2.75) is 12.8 Å². The molecule has 0 radical (unpaired) electrons. The summed E-state index contributed by atoms with van der Waals surface area (Å²) in [5, 5.41) is 12.7. The molecule has 0 aliphatic rings. The van der Waals surface area contributed by atoms with Gasteiger partial charge in [0.15, 0.2) is 0 Å². The molecular formula is C26H20N2O2. The minimum absolute atomic E-state index is 0.525. The van der Waals surface area contributed by atoms with Crippen LogP contribution in [-0.4, -0.2) is 21.0 Å². The highest BCUT2D eigenvalue weighted by Crippen LogP contribution is 2.32. The number of hydrogen-bond acceptors (Lipinski definition) is 2. The molecule has 1 unspecified atom stereocenters. The third-order valence-electron chi connectivity index (χ3n) is 5.71. The van der Waals surface area contributed by atoms with Crippen LogP contribution >= 0.6 is 0 Å². The second kappa shape index (κ2) is 7.16. The van der Waals surface area contributed by atoms with Gasteiger partial charge in [0.25, 0.3) is 0 Å². The van der Waals surface area contributed by atoms with Crippen LogP contribution in [0.3, 0.4) is 0 Å². The summed E-state index contributed by atoms with van der Waals surface area (Å²) in [6, 6.07) is 24.6. The highest BCUT2D eigenvalue weighted by atomic mass is 16.4. The lowest BCUT2D eigenvalue weighted by molar-refractivity contribution is -0.138. The van der Waals surface area contributed by atoms with E-state index in [1.807, 2.05) is 48.8 Å². The number of nitrogens with one attached hydrogen (secondary N) is 1. The van der Waals surface area contributed by atoms with Crippen molar-refractivity contribution in [1.29, 1.82) is 0 Å². The summed E-state index contributed by atoms with van der Waals surface area (Å²) in [6.07, 6.45) is 3.85. The van der Waals surface area contributed by atoms with Crippen LogP contribution in [0.4, 0.5) is 0 Å². The predicted molar refractivity (Wildman–Crippen MR) is 121 cm³/mol. The van der Waals surface area contributed by atoms with Crippen LogP contribution in [0.1, 0.15) is 18.4 Å². The first-order chi connectivity index (χ1) is 14.6. The fraction of sp³-hybridized carbons (Fsp3) is 0.0769. The van der Waals surface area contributed by atoms with Gasteiger partial charge in [-0.2, -0.15) is 0 Å². The molecule has 0 spiro atoms. The van der Waals surface area contributed by atoms with E-state index < -0.39 is 11.9 Å². The van der Waals surface area contributed by atoms with Gasteiger partial charge >= 0.3 is 5.97 Å². The first-order valence-corrected chi connectivity index (χ1v) is 9.89. The van der Waals surface area contributed by atoms with E-state index in [1.54, 1.807) is 6.92 Å². The molecule has 4 nitrogen and oxygen atoms in total. The maximum Gasteiger partial charge on any atom is 0.310 e. The molecule has 0 saturated heterocycles. The number of aromatic amines is 1. The number of carboxylic acids is 1. The Kier molecular flexibility index (Phi) is 4.32. The van der Waals surface area contributed by atoms with Crippen LogP contribution in [0.25, 0.3) is 44.1 Å². The smallest absolute Gasteiger partial charge is 0.310 e. The van der Waals surface area contributed by atoms with Crippen LogP contribution in [-0.2, 0) is 4.79 Å². The molecule has 0 amide bonds. The molecule has 0 saturated carbocycles. The van der Waals surface area contributed by atoms with Crippen molar-refractivity contribution < 1.29 is 9.90 Å². The number of pyridine rings is 1. The largest absolute Gasteiger partial charge is 0.481 e. The zero-order valence-electron chi connectivity index (χ0n) is 16.5. The number of hydrogen-bond donors (Lipinski definition) is 2. The Morgan fingerprint density at radius 3 is 2.40 bits per heavy atom. The fourth-order valence-corrected chi connectivity index (χ4v) is 3.86. The highest BCUT2D eigenvalue weighted by Gasteiger charge is 2.14. The molecule has 2 N–H and O–H groups in total. The molecule has 5 rings (SSSR count). The Labute approximate surface area is 173 Å². The van der Waals surface area contributed by atoms with Gasteiger partial charge in [0.1, 0.15) is 5.65 Å². The fourth-order valence-electron chi connectivity index (χ4n) is 3.86. The highest BCUT2D eigenvalue weighted by molar-refractivity contribution is 5.96. The Morgan fingerprint density at radius 1 is 0.900 bits per heavy atom. The summed E-state index contributed by atoms with van der Waals surface area (Å²) >= 11 is 0. The van der Waals surface area contributed by atoms with Crippen molar-refractivity contribution in [3.63, 3.8) is 0 Å². The maximum atomic E-state index is 11.2. The number of aromatic nitrogens is 2. The Balaban J connectivity index is 1.56. The minimum atomic E-state index is -0.820. The van der Waals surface area contributed by atoms with Gasteiger partial charge in [-0.15, -0.1) is 0 Å². The first kappa shape index (κ1) is 18.1. The van der Waals surface area contributed by atoms with Crippen molar-refractivity contribution >= 4 is 27.8 Å². The quantitative estimate of drug-likeness (QED) is 0.380. The van der Waals surface area contributed by atoms with Crippen molar-refractivity contribution in [1.82, 2.24) is 9.97 Å². The predicted octanol–water partition coefficient (Wildman–Crippen LogP) is 6.24. The maximum absolute atomic E-state index is 11.2. The van der Waals surface area contributed by atoms with Crippen LogP contribution in [0, 0.1) is 0 Å². The third-order valence-corrected chi connectivity index (χ3v) is 5.71. The SMILES string of the molecule is CC(C(=O)O)c1ccc(-c2c[nH]c3ncc(-c4ccc5ccccc5c4)cc23)cc1. The Hall–Kier alpha value is -3.92. The number of rotatable bonds is 4. The molecule has 2 heterocycles. The van der Waals surface area contributed by atoms with Crippen LogP contribution in [0.2, 0.25) is 0 Å². The molecule has 5 aromatic rings. The van der Waals surface area contributed by atoms with Crippen LogP contribution in [0.5, 0.6) is 0 Å². The zero-order valence-corrected chi connectivity index (χ0v) is 16.5. The Bertz CT molecular complexity index is 1380. The number of carboxylic acid groups (broad SMARTS) is 1. The molecule has 2 aromatic heterocycles. The average molecular weight is 392 g/mol. The Morgan fingerprint density at radius 2 is 1.63 bits per heavy atom. The lowest BCUT2D eigenvalue weighted by Gasteiger charge is -2.08. The third kappa shape index (κ3) is 3.12. The van der Waals surface area contributed by atoms with Crippen LogP contribution in [0.15, 0.2) is 85.2 Å². The summed E-state index contributed by atoms with van der Waals surface area (Å²) in [4.78, 5) is 19.1. The molecule has 0 fully saturated rings. The van der Waals surface area contributed by atoms with Gasteiger partial charge in [0.05, 0.1) is 5.92 Å². The van der Waals surface area contributed by atoms with Gasteiger partial charge in [-0.3, -0.25) is 4.79 Å². The van der Waals surface area contributed by atoms with E-state index >= 15 is 0 Å². The number of nitrogens with zero attached hydrogens (tertiary/aromatic N) is 1. The molecule has 1 atom stereocenters. The molecule has 0 bridgehead atoms. The summed E-state index contributed by atoms with van der Waals surface area (Å²) in [5.74, 6) is -1.35. The molecule has 146 valence electrons. The normalized spacial score (nSPS) is 12.3. The number of aliphatic carboxylic acids is 1. The lowest BCUT2D eigenvalue weighted by Crippen LogP contribution is -2.06. The van der Waals surface area contributed by atoms with Crippen molar-refractivity contribution in [3.8, 4) is 22.3 Å². The van der Waals surface area contributed by atoms with E-state index in [0.29, 0.717) is 0 Å². The molecule has 4 heteroatoms. The summed E-state index contributed by atoms with van der Waals surface area (Å²) < 4.78 is 0. The standard InChI is InChI=1S/C26H20N2O2/c1-16(26(29)30)17-6-9-19(10-7-17)24-15-28-25-23(24)13-22(14-27-25)21-11-8-18-4-2-3-5-20(18)12-21/h2-16H,1H3,(H,27,28)(H,29,30). The summed E-state index contributed by atoms with van der Waals surface area (Å²) in [6.45, 7) is 1.70. The van der Waals surface area contributed by atoms with E-state index in [1.165, 1.54) is 10.8 Å². The second-order valence-corrected chi connectivity index (χ2v) is 7.57. The minimum Gasteiger partial charge on any atom is -0.481 e. The molecular weight excluding hydrogens is 372 g/mol. The van der Waals surface area contributed by atoms with Crippen molar-refractivity contribution in [3.05, 3.63) is 90.8 Å². The number of benzene rings is 3. The van der Waals surface area contributed by atoms with Crippen molar-refractivity contribution in [2.75, 3.05) is 0 Å². The van der Waals surface area contributed by atoms with Crippen LogP contribution < -0.4 is 0 Å². The van der Waals surface area contributed by atoms with Crippen molar-refractivity contribution in [2.24, 2.45) is 0 Å². The van der Waals surface area contributed by atoms with Gasteiger partial charge in [-0.25, -0.2) is 4.98 Å². The van der Waals surface area contributed by atoms with E-state index in [0.717, 1.165) is 38.9 Å². The molecule has 30 heavy (non-hydrogen) atoms. The van der Waals surface area contributed by atoms with Gasteiger partial charge in [0, 0.05) is 28.9 Å². The first-order valence-electron chi connectivity index (χ1n) is 9.89. The second-order valence-electron chi connectivity index (χ2n) is 7.57. The average Bonchev–Trinajstić information content (AvgIpc) is 3.21. The van der Waals surface area contributed by atoms with E-state index in [-0.39, 0.29) is 0 Å². The van der Waals surface area contributed by atoms with Gasteiger partial charge in [-0.05, 0) is 46.5 Å². The molecule has 0 aliphatic heterocycles. The summed E-state index contributed by atoms with van der Waals surface area (Å²) in [7, 11) is 0. The van der Waals surface area contributed by atoms with Gasteiger partial charge in [0.2, 0.25) is 0 Å². The number of H-pyrrole nitrogens is 1. The monoisotopic (exact) mass is 392 g/mol. The number of carbonyl (C=O) groups is 1. The summed E-state index contributed by atoms with van der Waals surface area (Å²) in [5.41, 5.74) is 5.89. The van der Waals surface area contributed by atoms with Gasteiger partial charge < -0.3 is 10.1 Å². The van der Waals surface area contributed by atoms with E-state index in [4.69, 9.17) is 0 Å². The number of fused-ring (bicyclic) bond motifs is 2. The van der Waals surface area contributed by atoms with E-state index in [9.17, 15) is 9.90 Å².